The molecule has 5 heteroatoms. The summed E-state index contributed by atoms with van der Waals surface area (Å²) in [5.74, 6) is 0.917. The van der Waals surface area contributed by atoms with Crippen LogP contribution in [0, 0.1) is 6.92 Å². The average Bonchev–Trinajstić information content (AvgIpc) is 2.51. The monoisotopic (exact) mass is 209 g/mol. The van der Waals surface area contributed by atoms with Gasteiger partial charge in [-0.25, -0.2) is 0 Å². The van der Waals surface area contributed by atoms with E-state index < -0.39 is 0 Å². The Balaban J connectivity index is 2.52. The average molecular weight is 210 g/mol. The van der Waals surface area contributed by atoms with Crippen molar-refractivity contribution in [1.29, 1.82) is 0 Å². The van der Waals surface area contributed by atoms with E-state index in [1.807, 2.05) is 0 Å². The standard InChI is InChI=1S/C9H8ClN3O/c1-5-12-13-9(14-5)7-3-2-6(11)4-8(7)10/h2-4H,11H2,1H3. The van der Waals surface area contributed by atoms with E-state index in [0.717, 1.165) is 0 Å². The first-order valence-electron chi connectivity index (χ1n) is 4.02. The van der Waals surface area contributed by atoms with Gasteiger partial charge >= 0.3 is 0 Å². The number of nitrogen functional groups attached to an aromatic ring is 1. The van der Waals surface area contributed by atoms with Gasteiger partial charge < -0.3 is 10.2 Å². The van der Waals surface area contributed by atoms with E-state index in [0.29, 0.717) is 28.1 Å². The van der Waals surface area contributed by atoms with Gasteiger partial charge in [-0.15, -0.1) is 10.2 Å². The molecule has 1 heterocycles. The van der Waals surface area contributed by atoms with Crippen molar-refractivity contribution >= 4 is 17.3 Å². The SMILES string of the molecule is Cc1nnc(-c2ccc(N)cc2Cl)o1. The number of benzene rings is 1. The molecule has 0 spiro atoms. The minimum absolute atomic E-state index is 0.410. The van der Waals surface area contributed by atoms with Gasteiger partial charge in [-0.05, 0) is 18.2 Å². The van der Waals surface area contributed by atoms with Crippen LogP contribution < -0.4 is 5.73 Å². The molecule has 0 aliphatic rings. The van der Waals surface area contributed by atoms with Crippen molar-refractivity contribution in [1.82, 2.24) is 10.2 Å². The van der Waals surface area contributed by atoms with Crippen molar-refractivity contribution in [2.24, 2.45) is 0 Å². The van der Waals surface area contributed by atoms with Gasteiger partial charge in [0.1, 0.15) is 0 Å². The van der Waals surface area contributed by atoms with Crippen LogP contribution >= 0.6 is 11.6 Å². The largest absolute Gasteiger partial charge is 0.421 e. The van der Waals surface area contributed by atoms with Gasteiger partial charge in [0.05, 0.1) is 10.6 Å². The Morgan fingerprint density at radius 3 is 2.71 bits per heavy atom. The number of aryl methyl sites for hydroxylation is 1. The molecule has 0 atom stereocenters. The Kier molecular flexibility index (Phi) is 2.13. The van der Waals surface area contributed by atoms with Crippen LogP contribution in [0.2, 0.25) is 5.02 Å². The van der Waals surface area contributed by atoms with E-state index in [2.05, 4.69) is 10.2 Å². The summed E-state index contributed by atoms with van der Waals surface area (Å²) in [4.78, 5) is 0. The molecule has 0 aliphatic carbocycles. The van der Waals surface area contributed by atoms with Gasteiger partial charge in [-0.1, -0.05) is 11.6 Å². The molecular weight excluding hydrogens is 202 g/mol. The van der Waals surface area contributed by atoms with E-state index in [9.17, 15) is 0 Å². The third-order valence-corrected chi connectivity index (χ3v) is 2.06. The van der Waals surface area contributed by atoms with Crippen molar-refractivity contribution < 1.29 is 4.42 Å². The number of hydrogen-bond donors (Lipinski definition) is 1. The molecular formula is C9H8ClN3O. The fourth-order valence-electron chi connectivity index (χ4n) is 1.11. The maximum absolute atomic E-state index is 5.97. The molecule has 2 N–H and O–H groups in total. The van der Waals surface area contributed by atoms with Crippen LogP contribution in [0.4, 0.5) is 5.69 Å². The van der Waals surface area contributed by atoms with Crippen molar-refractivity contribution in [3.05, 3.63) is 29.1 Å². The highest BCUT2D eigenvalue weighted by Gasteiger charge is 2.09. The summed E-state index contributed by atoms with van der Waals surface area (Å²) < 4.78 is 5.24. The minimum atomic E-state index is 0.410. The van der Waals surface area contributed by atoms with E-state index in [1.165, 1.54) is 0 Å². The van der Waals surface area contributed by atoms with Crippen LogP contribution in [-0.4, -0.2) is 10.2 Å². The van der Waals surface area contributed by atoms with Gasteiger partial charge in [0, 0.05) is 12.6 Å². The Bertz CT molecular complexity index is 467. The van der Waals surface area contributed by atoms with E-state index in [1.54, 1.807) is 25.1 Å². The summed E-state index contributed by atoms with van der Waals surface area (Å²) in [6, 6.07) is 5.14. The molecule has 1 aromatic carbocycles. The predicted octanol–water partition coefficient (Wildman–Crippen LogP) is 2.28. The normalized spacial score (nSPS) is 10.4. The topological polar surface area (TPSA) is 64.9 Å². The second kappa shape index (κ2) is 3.31. The smallest absolute Gasteiger partial charge is 0.249 e. The molecule has 0 saturated carbocycles. The van der Waals surface area contributed by atoms with E-state index >= 15 is 0 Å². The molecule has 0 unspecified atom stereocenters. The lowest BCUT2D eigenvalue weighted by Crippen LogP contribution is -1.86. The third-order valence-electron chi connectivity index (χ3n) is 1.75. The summed E-state index contributed by atoms with van der Waals surface area (Å²) in [5.41, 5.74) is 6.86. The van der Waals surface area contributed by atoms with Crippen LogP contribution in [0.3, 0.4) is 0 Å². The highest BCUT2D eigenvalue weighted by Crippen LogP contribution is 2.28. The van der Waals surface area contributed by atoms with E-state index in [4.69, 9.17) is 21.8 Å². The van der Waals surface area contributed by atoms with Gasteiger partial charge in [0.2, 0.25) is 11.8 Å². The molecule has 0 radical (unpaired) electrons. The molecule has 0 bridgehead atoms. The summed E-state index contributed by atoms with van der Waals surface area (Å²) in [5, 5.41) is 8.09. The number of nitrogens with two attached hydrogens (primary N) is 1. The maximum atomic E-state index is 5.97. The molecule has 1 aromatic heterocycles. The number of hydrogen-bond acceptors (Lipinski definition) is 4. The highest BCUT2D eigenvalue weighted by atomic mass is 35.5. The molecule has 0 saturated heterocycles. The summed E-state index contributed by atoms with van der Waals surface area (Å²) >= 11 is 5.97. The van der Waals surface area contributed by atoms with Crippen LogP contribution in [0.25, 0.3) is 11.5 Å². The number of rotatable bonds is 1. The summed E-state index contributed by atoms with van der Waals surface area (Å²) in [6.07, 6.45) is 0. The maximum Gasteiger partial charge on any atom is 0.249 e. The van der Waals surface area contributed by atoms with Crippen LogP contribution in [0.1, 0.15) is 5.89 Å². The predicted molar refractivity (Wildman–Crippen MR) is 53.9 cm³/mol. The van der Waals surface area contributed by atoms with Crippen molar-refractivity contribution in [3.8, 4) is 11.5 Å². The molecule has 72 valence electrons. The first-order chi connectivity index (χ1) is 6.66. The Morgan fingerprint density at radius 1 is 1.36 bits per heavy atom. The van der Waals surface area contributed by atoms with Crippen LogP contribution in [0.15, 0.2) is 22.6 Å². The number of aromatic nitrogens is 2. The fraction of sp³-hybridized carbons (Fsp3) is 0.111. The summed E-state index contributed by atoms with van der Waals surface area (Å²) in [6.45, 7) is 1.72. The molecule has 14 heavy (non-hydrogen) atoms. The van der Waals surface area contributed by atoms with Crippen LogP contribution in [-0.2, 0) is 0 Å². The van der Waals surface area contributed by atoms with Crippen molar-refractivity contribution in [2.75, 3.05) is 5.73 Å². The molecule has 0 fully saturated rings. The summed E-state index contributed by atoms with van der Waals surface area (Å²) in [7, 11) is 0. The Morgan fingerprint density at radius 2 is 2.14 bits per heavy atom. The fourth-order valence-corrected chi connectivity index (χ4v) is 1.38. The quantitative estimate of drug-likeness (QED) is 0.732. The van der Waals surface area contributed by atoms with Crippen molar-refractivity contribution in [2.45, 2.75) is 6.92 Å². The zero-order chi connectivity index (χ0) is 10.1. The van der Waals surface area contributed by atoms with Gasteiger partial charge in [0.25, 0.3) is 0 Å². The molecule has 4 nitrogen and oxygen atoms in total. The molecule has 0 amide bonds. The lowest BCUT2D eigenvalue weighted by atomic mass is 10.2. The zero-order valence-electron chi connectivity index (χ0n) is 7.49. The van der Waals surface area contributed by atoms with E-state index in [-0.39, 0.29) is 0 Å². The second-order valence-corrected chi connectivity index (χ2v) is 3.27. The highest BCUT2D eigenvalue weighted by molar-refractivity contribution is 6.33. The first-order valence-corrected chi connectivity index (χ1v) is 4.40. The Labute approximate surface area is 85.7 Å². The number of halogens is 1. The third kappa shape index (κ3) is 1.56. The second-order valence-electron chi connectivity index (χ2n) is 2.87. The number of anilines is 1. The van der Waals surface area contributed by atoms with Crippen LogP contribution in [0.5, 0.6) is 0 Å². The zero-order valence-corrected chi connectivity index (χ0v) is 8.25. The van der Waals surface area contributed by atoms with Gasteiger partial charge in [-0.2, -0.15) is 0 Å². The lowest BCUT2D eigenvalue weighted by Gasteiger charge is -1.99. The first kappa shape index (κ1) is 9.02. The Hall–Kier alpha value is -1.55. The molecule has 2 aromatic rings. The van der Waals surface area contributed by atoms with Gasteiger partial charge in [0.15, 0.2) is 0 Å². The molecule has 2 rings (SSSR count). The lowest BCUT2D eigenvalue weighted by molar-refractivity contribution is 0.533. The van der Waals surface area contributed by atoms with Gasteiger partial charge in [-0.3, -0.25) is 0 Å². The molecule has 0 aliphatic heterocycles. The minimum Gasteiger partial charge on any atom is -0.421 e. The van der Waals surface area contributed by atoms with Crippen molar-refractivity contribution in [3.63, 3.8) is 0 Å². The number of nitrogens with zero attached hydrogens (tertiary/aromatic N) is 2.